The number of carboxylic acids is 1. The second-order valence-electron chi connectivity index (χ2n) is 5.00. The number of amides is 1. The Morgan fingerprint density at radius 2 is 1.95 bits per heavy atom. The van der Waals surface area contributed by atoms with Crippen molar-refractivity contribution < 1.29 is 24.4 Å². The lowest BCUT2D eigenvalue weighted by Crippen LogP contribution is -2.12. The standard InChI is InChI=1S/C14H16N2O6/c1-8(6-14(19)20)5-13(18)10-3-4-11(15-9(2)17)12(7-10)16(21)22/h3-4,7-8H,5-6H2,1-2H3,(H,15,17)(H,19,20). The van der Waals surface area contributed by atoms with Crippen LogP contribution in [-0.4, -0.2) is 27.7 Å². The number of rotatable bonds is 7. The van der Waals surface area contributed by atoms with Crippen LogP contribution in [0.15, 0.2) is 18.2 Å². The van der Waals surface area contributed by atoms with E-state index in [1.54, 1.807) is 6.92 Å². The third-order valence-electron chi connectivity index (χ3n) is 2.88. The Labute approximate surface area is 126 Å². The van der Waals surface area contributed by atoms with Gasteiger partial charge in [-0.05, 0) is 18.1 Å². The Balaban J connectivity index is 2.98. The van der Waals surface area contributed by atoms with Crippen molar-refractivity contribution in [2.45, 2.75) is 26.7 Å². The van der Waals surface area contributed by atoms with Crippen LogP contribution < -0.4 is 5.32 Å². The maximum atomic E-state index is 12.0. The first-order chi connectivity index (χ1) is 10.2. The molecule has 1 aromatic rings. The number of carbonyl (C=O) groups is 3. The van der Waals surface area contributed by atoms with E-state index in [0.717, 1.165) is 6.07 Å². The van der Waals surface area contributed by atoms with Gasteiger partial charge in [0.15, 0.2) is 5.78 Å². The zero-order valence-corrected chi connectivity index (χ0v) is 12.2. The van der Waals surface area contributed by atoms with Gasteiger partial charge in [-0.3, -0.25) is 24.5 Å². The van der Waals surface area contributed by atoms with Gasteiger partial charge in [0.2, 0.25) is 5.91 Å². The first-order valence-electron chi connectivity index (χ1n) is 6.51. The summed E-state index contributed by atoms with van der Waals surface area (Å²) >= 11 is 0. The number of nitrogens with zero attached hydrogens (tertiary/aromatic N) is 1. The Morgan fingerprint density at radius 3 is 2.45 bits per heavy atom. The molecule has 0 spiro atoms. The van der Waals surface area contributed by atoms with Gasteiger partial charge in [0.05, 0.1) is 4.92 Å². The number of Topliss-reactive ketones (excluding diaryl/α,β-unsaturated/α-hetero) is 1. The molecule has 118 valence electrons. The first-order valence-corrected chi connectivity index (χ1v) is 6.51. The van der Waals surface area contributed by atoms with Crippen LogP contribution in [0.5, 0.6) is 0 Å². The number of nitro benzene ring substituents is 1. The van der Waals surface area contributed by atoms with E-state index in [4.69, 9.17) is 5.11 Å². The maximum Gasteiger partial charge on any atom is 0.303 e. The number of hydrogen-bond acceptors (Lipinski definition) is 5. The van der Waals surface area contributed by atoms with E-state index in [0.29, 0.717) is 0 Å². The summed E-state index contributed by atoms with van der Waals surface area (Å²) in [4.78, 5) is 43.9. The van der Waals surface area contributed by atoms with Gasteiger partial charge < -0.3 is 10.4 Å². The zero-order chi connectivity index (χ0) is 16.9. The van der Waals surface area contributed by atoms with Gasteiger partial charge in [0, 0.05) is 31.4 Å². The van der Waals surface area contributed by atoms with Crippen molar-refractivity contribution in [1.82, 2.24) is 0 Å². The maximum absolute atomic E-state index is 12.0. The molecule has 0 aliphatic heterocycles. The molecule has 0 bridgehead atoms. The van der Waals surface area contributed by atoms with E-state index in [2.05, 4.69) is 5.32 Å². The van der Waals surface area contributed by atoms with E-state index in [-0.39, 0.29) is 41.5 Å². The molecule has 0 fully saturated rings. The molecule has 0 heterocycles. The number of aliphatic carboxylic acids is 1. The molecule has 0 aliphatic rings. The van der Waals surface area contributed by atoms with E-state index in [1.165, 1.54) is 19.1 Å². The van der Waals surface area contributed by atoms with Crippen LogP contribution >= 0.6 is 0 Å². The summed E-state index contributed by atoms with van der Waals surface area (Å²) in [5, 5.41) is 22.0. The molecule has 0 radical (unpaired) electrons. The smallest absolute Gasteiger partial charge is 0.303 e. The lowest BCUT2D eigenvalue weighted by molar-refractivity contribution is -0.384. The van der Waals surface area contributed by atoms with Gasteiger partial charge in [-0.2, -0.15) is 0 Å². The largest absolute Gasteiger partial charge is 0.481 e. The number of anilines is 1. The second-order valence-corrected chi connectivity index (χ2v) is 5.00. The zero-order valence-electron chi connectivity index (χ0n) is 12.2. The molecule has 2 N–H and O–H groups in total. The van der Waals surface area contributed by atoms with Gasteiger partial charge in [0.1, 0.15) is 5.69 Å². The van der Waals surface area contributed by atoms with Crippen molar-refractivity contribution >= 4 is 29.0 Å². The van der Waals surface area contributed by atoms with Crippen molar-refractivity contribution in [3.63, 3.8) is 0 Å². The Hall–Kier alpha value is -2.77. The summed E-state index contributed by atoms with van der Waals surface area (Å²) in [6, 6.07) is 3.74. The van der Waals surface area contributed by atoms with Crippen molar-refractivity contribution in [2.75, 3.05) is 5.32 Å². The molecule has 1 rings (SSSR count). The van der Waals surface area contributed by atoms with E-state index >= 15 is 0 Å². The molecule has 8 nitrogen and oxygen atoms in total. The summed E-state index contributed by atoms with van der Waals surface area (Å²) in [6.07, 6.45) is -0.180. The topological polar surface area (TPSA) is 127 Å². The third-order valence-corrected chi connectivity index (χ3v) is 2.88. The van der Waals surface area contributed by atoms with Crippen LogP contribution in [0.4, 0.5) is 11.4 Å². The van der Waals surface area contributed by atoms with Gasteiger partial charge in [-0.25, -0.2) is 0 Å². The van der Waals surface area contributed by atoms with Gasteiger partial charge in [0.25, 0.3) is 5.69 Å². The molecular formula is C14H16N2O6. The lowest BCUT2D eigenvalue weighted by Gasteiger charge is -2.09. The van der Waals surface area contributed by atoms with Crippen molar-refractivity contribution in [1.29, 1.82) is 0 Å². The van der Waals surface area contributed by atoms with Crippen LogP contribution in [0.25, 0.3) is 0 Å². The van der Waals surface area contributed by atoms with Crippen molar-refractivity contribution in [3.05, 3.63) is 33.9 Å². The second kappa shape index (κ2) is 7.30. The molecule has 1 aromatic carbocycles. The highest BCUT2D eigenvalue weighted by Gasteiger charge is 2.20. The minimum Gasteiger partial charge on any atom is -0.481 e. The molecule has 0 aromatic heterocycles. The van der Waals surface area contributed by atoms with Gasteiger partial charge >= 0.3 is 5.97 Å². The predicted molar refractivity (Wildman–Crippen MR) is 77.8 cm³/mol. The highest BCUT2D eigenvalue weighted by atomic mass is 16.6. The van der Waals surface area contributed by atoms with Crippen LogP contribution in [0.2, 0.25) is 0 Å². The summed E-state index contributed by atoms with van der Waals surface area (Å²) in [5.74, 6) is -2.23. The van der Waals surface area contributed by atoms with Gasteiger partial charge in [-0.1, -0.05) is 6.92 Å². The monoisotopic (exact) mass is 308 g/mol. The van der Waals surface area contributed by atoms with Crippen molar-refractivity contribution in [3.8, 4) is 0 Å². The molecule has 1 atom stereocenters. The number of nitrogens with one attached hydrogen (secondary N) is 1. The molecule has 0 aliphatic carbocycles. The third kappa shape index (κ3) is 4.97. The predicted octanol–water partition coefficient (Wildman–Crippen LogP) is 2.24. The lowest BCUT2D eigenvalue weighted by atomic mass is 9.96. The first kappa shape index (κ1) is 17.3. The highest BCUT2D eigenvalue weighted by Crippen LogP contribution is 2.26. The van der Waals surface area contributed by atoms with Gasteiger partial charge in [-0.15, -0.1) is 0 Å². The van der Waals surface area contributed by atoms with E-state index in [1.807, 2.05) is 0 Å². The molecule has 1 unspecified atom stereocenters. The number of ketones is 1. The molecule has 22 heavy (non-hydrogen) atoms. The number of hydrogen-bond donors (Lipinski definition) is 2. The number of benzene rings is 1. The van der Waals surface area contributed by atoms with E-state index < -0.39 is 16.8 Å². The molecule has 8 heteroatoms. The average Bonchev–Trinajstić information content (AvgIpc) is 2.36. The number of nitro groups is 1. The highest BCUT2D eigenvalue weighted by molar-refractivity contribution is 5.99. The fourth-order valence-corrected chi connectivity index (χ4v) is 1.96. The summed E-state index contributed by atoms with van der Waals surface area (Å²) < 4.78 is 0. The SMILES string of the molecule is CC(=O)Nc1ccc(C(=O)CC(C)CC(=O)O)cc1[N+](=O)[O-]. The Kier molecular flexibility index (Phi) is 5.73. The summed E-state index contributed by atoms with van der Waals surface area (Å²) in [6.45, 7) is 2.84. The quantitative estimate of drug-likeness (QED) is 0.452. The molecule has 0 saturated heterocycles. The minimum atomic E-state index is -1.01. The van der Waals surface area contributed by atoms with E-state index in [9.17, 15) is 24.5 Å². The fourth-order valence-electron chi connectivity index (χ4n) is 1.96. The fraction of sp³-hybridized carbons (Fsp3) is 0.357. The number of carboxylic acid groups (broad SMARTS) is 1. The molecule has 1 amide bonds. The molecular weight excluding hydrogens is 292 g/mol. The number of carbonyl (C=O) groups excluding carboxylic acids is 2. The van der Waals surface area contributed by atoms with Crippen LogP contribution in [0, 0.1) is 16.0 Å². The van der Waals surface area contributed by atoms with Crippen molar-refractivity contribution in [2.24, 2.45) is 5.92 Å². The molecule has 0 saturated carbocycles. The normalized spacial score (nSPS) is 11.5. The Morgan fingerprint density at radius 1 is 1.32 bits per heavy atom. The summed E-state index contributed by atoms with van der Waals surface area (Å²) in [7, 11) is 0. The minimum absolute atomic E-state index is 0.00707. The van der Waals surface area contributed by atoms with Crippen LogP contribution in [0.1, 0.15) is 37.0 Å². The average molecular weight is 308 g/mol. The Bertz CT molecular complexity index is 626. The van der Waals surface area contributed by atoms with Crippen LogP contribution in [0.3, 0.4) is 0 Å². The summed E-state index contributed by atoms with van der Waals surface area (Å²) in [5.41, 5.74) is -0.266. The van der Waals surface area contributed by atoms with Crippen LogP contribution in [-0.2, 0) is 9.59 Å².